The summed E-state index contributed by atoms with van der Waals surface area (Å²) in [5, 5.41) is 17.6. The Balaban J connectivity index is 1.40. The molecule has 0 aliphatic heterocycles. The van der Waals surface area contributed by atoms with Gasteiger partial charge in [-0.1, -0.05) is 31.7 Å². The summed E-state index contributed by atoms with van der Waals surface area (Å²) in [5.74, 6) is -0.351. The Morgan fingerprint density at radius 2 is 1.80 bits per heavy atom. The lowest BCUT2D eigenvalue weighted by molar-refractivity contribution is -0.144. The molecule has 35 heavy (non-hydrogen) atoms. The van der Waals surface area contributed by atoms with Crippen molar-refractivity contribution in [2.45, 2.75) is 76.0 Å². The molecular weight excluding hydrogens is 467 g/mol. The van der Waals surface area contributed by atoms with Crippen molar-refractivity contribution in [1.82, 2.24) is 30.4 Å². The molecule has 10 heteroatoms. The number of nitrogens with zero attached hydrogens (tertiary/aromatic N) is 5. The first-order valence-corrected chi connectivity index (χ1v) is 13.1. The summed E-state index contributed by atoms with van der Waals surface area (Å²) in [6.07, 6.45) is 8.01. The second-order valence-corrected chi connectivity index (χ2v) is 10.3. The lowest BCUT2D eigenvalue weighted by Crippen LogP contribution is -2.50. The Morgan fingerprint density at radius 1 is 1.09 bits per heavy atom. The Morgan fingerprint density at radius 3 is 2.49 bits per heavy atom. The third-order valence-electron chi connectivity index (χ3n) is 6.88. The van der Waals surface area contributed by atoms with Crippen LogP contribution in [0.1, 0.15) is 62.3 Å². The van der Waals surface area contributed by atoms with Gasteiger partial charge in [-0.2, -0.15) is 4.80 Å². The van der Waals surface area contributed by atoms with Gasteiger partial charge in [0, 0.05) is 22.5 Å². The predicted octanol–water partition coefficient (Wildman–Crippen LogP) is 4.11. The minimum Gasteiger partial charge on any atom is -0.351 e. The summed E-state index contributed by atoms with van der Waals surface area (Å²) in [6.45, 7) is -0.122. The van der Waals surface area contributed by atoms with E-state index in [2.05, 4.69) is 20.7 Å². The highest BCUT2D eigenvalue weighted by molar-refractivity contribution is 7.10. The second-order valence-electron chi connectivity index (χ2n) is 9.30. The van der Waals surface area contributed by atoms with Crippen molar-refractivity contribution < 1.29 is 14.0 Å². The smallest absolute Gasteiger partial charge is 0.248 e. The van der Waals surface area contributed by atoms with Crippen LogP contribution in [0.2, 0.25) is 0 Å². The van der Waals surface area contributed by atoms with E-state index in [9.17, 15) is 14.0 Å². The van der Waals surface area contributed by atoms with Crippen molar-refractivity contribution in [2.75, 3.05) is 0 Å². The maximum Gasteiger partial charge on any atom is 0.248 e. The summed E-state index contributed by atoms with van der Waals surface area (Å²) in [4.78, 5) is 31.2. The van der Waals surface area contributed by atoms with Gasteiger partial charge in [0.1, 0.15) is 18.4 Å². The maximum absolute atomic E-state index is 13.7. The monoisotopic (exact) mass is 496 g/mol. The first-order valence-electron chi connectivity index (χ1n) is 12.3. The van der Waals surface area contributed by atoms with Crippen molar-refractivity contribution in [3.8, 4) is 11.4 Å². The molecule has 1 aromatic carbocycles. The van der Waals surface area contributed by atoms with E-state index in [0.717, 1.165) is 56.2 Å². The summed E-state index contributed by atoms with van der Waals surface area (Å²) in [6, 6.07) is 9.14. The van der Waals surface area contributed by atoms with Gasteiger partial charge in [0.25, 0.3) is 0 Å². The largest absolute Gasteiger partial charge is 0.351 e. The number of hydrogen-bond donors (Lipinski definition) is 1. The lowest BCUT2D eigenvalue weighted by atomic mass is 10.1. The van der Waals surface area contributed by atoms with E-state index in [1.807, 2.05) is 17.5 Å². The molecule has 2 aliphatic carbocycles. The lowest BCUT2D eigenvalue weighted by Gasteiger charge is -2.35. The molecule has 2 aliphatic rings. The highest BCUT2D eigenvalue weighted by Crippen LogP contribution is 2.34. The third-order valence-corrected chi connectivity index (χ3v) is 7.80. The minimum absolute atomic E-state index is 0.0102. The molecule has 2 aromatic heterocycles. The zero-order valence-corrected chi connectivity index (χ0v) is 20.3. The summed E-state index contributed by atoms with van der Waals surface area (Å²) in [7, 11) is 0. The van der Waals surface area contributed by atoms with E-state index in [1.165, 1.54) is 28.3 Å². The fourth-order valence-corrected chi connectivity index (χ4v) is 5.98. The number of carbonyl (C=O) groups excluding carboxylic acids is 2. The van der Waals surface area contributed by atoms with Gasteiger partial charge in [0.05, 0.1) is 0 Å². The zero-order valence-electron chi connectivity index (χ0n) is 19.5. The summed E-state index contributed by atoms with van der Waals surface area (Å²) in [5.41, 5.74) is 0.616. The van der Waals surface area contributed by atoms with Crippen molar-refractivity contribution >= 4 is 23.2 Å². The number of tetrazole rings is 1. The molecule has 1 unspecified atom stereocenters. The molecule has 1 N–H and O–H groups in total. The molecule has 2 amide bonds. The number of benzene rings is 1. The SMILES string of the molecule is O=C(NC1CCCC1)C(c1cccs1)N(C(=O)Cn1nnc(-c2ccc(F)cc2)n1)C1CCCC1. The van der Waals surface area contributed by atoms with E-state index >= 15 is 0 Å². The van der Waals surface area contributed by atoms with Crippen LogP contribution in [0.4, 0.5) is 4.39 Å². The molecule has 8 nitrogen and oxygen atoms in total. The molecule has 184 valence electrons. The Kier molecular flexibility index (Phi) is 7.17. The van der Waals surface area contributed by atoms with Crippen LogP contribution in [0.3, 0.4) is 0 Å². The fourth-order valence-electron chi connectivity index (χ4n) is 5.16. The highest BCUT2D eigenvalue weighted by atomic mass is 32.1. The van der Waals surface area contributed by atoms with Gasteiger partial charge in [0.2, 0.25) is 17.6 Å². The van der Waals surface area contributed by atoms with Crippen LogP contribution in [0.5, 0.6) is 0 Å². The number of halogens is 1. The van der Waals surface area contributed by atoms with Crippen molar-refractivity contribution in [3.63, 3.8) is 0 Å². The van der Waals surface area contributed by atoms with E-state index in [-0.39, 0.29) is 36.3 Å². The maximum atomic E-state index is 13.7. The quantitative estimate of drug-likeness (QED) is 0.507. The normalized spacial score (nSPS) is 17.5. The Hall–Kier alpha value is -3.14. The fraction of sp³-hybridized carbons (Fsp3) is 0.480. The van der Waals surface area contributed by atoms with E-state index in [0.29, 0.717) is 11.4 Å². The molecule has 0 radical (unpaired) electrons. The first kappa shape index (κ1) is 23.6. The number of thiophene rings is 1. The molecule has 2 fully saturated rings. The third kappa shape index (κ3) is 5.42. The molecule has 1 atom stereocenters. The van der Waals surface area contributed by atoms with Crippen LogP contribution < -0.4 is 5.32 Å². The topological polar surface area (TPSA) is 93.0 Å². The standard InChI is InChI=1S/C25H29FN6O2S/c26-18-13-11-17(12-14-18)24-28-30-31(29-24)16-22(33)32(20-8-3-4-9-20)23(21-10-5-15-35-21)25(34)27-19-6-1-2-7-19/h5,10-15,19-20,23H,1-4,6-9,16H2,(H,27,34). The van der Waals surface area contributed by atoms with Crippen LogP contribution in [0.15, 0.2) is 41.8 Å². The van der Waals surface area contributed by atoms with Crippen LogP contribution >= 0.6 is 11.3 Å². The number of carbonyl (C=O) groups is 2. The average molecular weight is 497 g/mol. The molecular formula is C25H29FN6O2S. The molecule has 2 heterocycles. The van der Waals surface area contributed by atoms with Crippen LogP contribution in [-0.4, -0.2) is 49.0 Å². The van der Waals surface area contributed by atoms with Crippen molar-refractivity contribution in [2.24, 2.45) is 0 Å². The second kappa shape index (κ2) is 10.6. The van der Waals surface area contributed by atoms with Gasteiger partial charge in [0.15, 0.2) is 0 Å². The molecule has 0 spiro atoms. The van der Waals surface area contributed by atoms with Gasteiger partial charge < -0.3 is 10.2 Å². The van der Waals surface area contributed by atoms with Gasteiger partial charge in [-0.25, -0.2) is 4.39 Å². The number of nitrogens with one attached hydrogen (secondary N) is 1. The van der Waals surface area contributed by atoms with Crippen LogP contribution in [0.25, 0.3) is 11.4 Å². The van der Waals surface area contributed by atoms with Gasteiger partial charge in [-0.05, 0) is 66.6 Å². The summed E-state index contributed by atoms with van der Waals surface area (Å²) >= 11 is 1.49. The van der Waals surface area contributed by atoms with Gasteiger partial charge in [-0.15, -0.1) is 21.5 Å². The highest BCUT2D eigenvalue weighted by Gasteiger charge is 2.39. The number of amides is 2. The van der Waals surface area contributed by atoms with Crippen LogP contribution in [-0.2, 0) is 16.1 Å². The molecule has 2 saturated carbocycles. The molecule has 0 bridgehead atoms. The number of rotatable bonds is 8. The van der Waals surface area contributed by atoms with Crippen molar-refractivity contribution in [3.05, 3.63) is 52.5 Å². The number of aromatic nitrogens is 4. The Labute approximate surface area is 207 Å². The van der Waals surface area contributed by atoms with E-state index < -0.39 is 6.04 Å². The van der Waals surface area contributed by atoms with E-state index in [4.69, 9.17) is 0 Å². The predicted molar refractivity (Wildman–Crippen MR) is 130 cm³/mol. The van der Waals surface area contributed by atoms with Crippen molar-refractivity contribution in [1.29, 1.82) is 0 Å². The zero-order chi connectivity index (χ0) is 24.2. The summed E-state index contributed by atoms with van der Waals surface area (Å²) < 4.78 is 13.3. The Bertz CT molecular complexity index is 1140. The molecule has 3 aromatic rings. The van der Waals surface area contributed by atoms with Gasteiger partial charge in [-0.3, -0.25) is 9.59 Å². The van der Waals surface area contributed by atoms with Crippen LogP contribution in [0, 0.1) is 5.82 Å². The van der Waals surface area contributed by atoms with Gasteiger partial charge >= 0.3 is 0 Å². The molecule has 0 saturated heterocycles. The average Bonchev–Trinajstić information content (AvgIpc) is 3.66. The minimum atomic E-state index is -0.675. The van der Waals surface area contributed by atoms with E-state index in [1.54, 1.807) is 17.0 Å². The first-order chi connectivity index (χ1) is 17.1. The molecule has 5 rings (SSSR count). The number of hydrogen-bond acceptors (Lipinski definition) is 6.